The normalized spacial score (nSPS) is 12.4. The van der Waals surface area contributed by atoms with Crippen molar-refractivity contribution in [1.82, 2.24) is 15.0 Å². The monoisotopic (exact) mass is 311 g/mol. The molecule has 1 N–H and O–H groups in total. The maximum absolute atomic E-state index is 10.2. The van der Waals surface area contributed by atoms with Crippen molar-refractivity contribution in [3.8, 4) is 5.75 Å². The largest absolute Gasteiger partial charge is 0.497 e. The number of methoxy groups -OCH3 is 1. The van der Waals surface area contributed by atoms with Gasteiger partial charge in [-0.2, -0.15) is 0 Å². The summed E-state index contributed by atoms with van der Waals surface area (Å²) in [5.41, 5.74) is 1.53. The maximum atomic E-state index is 10.2. The fourth-order valence-electron chi connectivity index (χ4n) is 1.70. The van der Waals surface area contributed by atoms with E-state index in [2.05, 4.69) is 26.2 Å². The third kappa shape index (κ3) is 2.88. The second kappa shape index (κ2) is 5.49. The number of aromatic nitrogens is 3. The molecule has 0 aliphatic rings. The van der Waals surface area contributed by atoms with Gasteiger partial charge in [-0.15, -0.1) is 5.10 Å². The van der Waals surface area contributed by atoms with E-state index in [1.54, 1.807) is 25.0 Å². The summed E-state index contributed by atoms with van der Waals surface area (Å²) in [7, 11) is 3.40. The summed E-state index contributed by atoms with van der Waals surface area (Å²) < 4.78 is 7.61. The lowest BCUT2D eigenvalue weighted by Crippen LogP contribution is -2.03. The Morgan fingerprint density at radius 3 is 2.89 bits per heavy atom. The number of aliphatic hydroxyl groups is 1. The average Bonchev–Trinajstić information content (AvgIpc) is 2.75. The van der Waals surface area contributed by atoms with Gasteiger partial charge in [-0.1, -0.05) is 21.1 Å². The molecular weight excluding hydrogens is 298 g/mol. The van der Waals surface area contributed by atoms with Crippen molar-refractivity contribution in [3.05, 3.63) is 40.1 Å². The van der Waals surface area contributed by atoms with Crippen molar-refractivity contribution >= 4 is 15.9 Å². The topological polar surface area (TPSA) is 60.2 Å². The van der Waals surface area contributed by atoms with Crippen LogP contribution in [-0.4, -0.2) is 27.2 Å². The van der Waals surface area contributed by atoms with Crippen molar-refractivity contribution in [2.45, 2.75) is 12.5 Å². The Labute approximate surface area is 114 Å². The molecule has 0 spiro atoms. The molecule has 2 rings (SSSR count). The predicted octanol–water partition coefficient (Wildman–Crippen LogP) is 1.86. The van der Waals surface area contributed by atoms with Gasteiger partial charge in [0.15, 0.2) is 0 Å². The Hall–Kier alpha value is -1.40. The quantitative estimate of drug-likeness (QED) is 0.936. The van der Waals surface area contributed by atoms with Crippen LogP contribution in [0.4, 0.5) is 0 Å². The summed E-state index contributed by atoms with van der Waals surface area (Å²) >= 11 is 3.42. The maximum Gasteiger partial charge on any atom is 0.119 e. The van der Waals surface area contributed by atoms with Gasteiger partial charge in [-0.3, -0.25) is 4.68 Å². The summed E-state index contributed by atoms with van der Waals surface area (Å²) in [6.45, 7) is 0. The molecule has 2 aromatic rings. The van der Waals surface area contributed by atoms with Gasteiger partial charge in [0.1, 0.15) is 5.75 Å². The van der Waals surface area contributed by atoms with Gasteiger partial charge in [-0.25, -0.2) is 0 Å². The van der Waals surface area contributed by atoms with Gasteiger partial charge in [0.05, 0.1) is 18.9 Å². The molecule has 0 saturated carbocycles. The Balaban J connectivity index is 2.20. The Kier molecular flexibility index (Phi) is 3.98. The molecule has 0 aliphatic carbocycles. The van der Waals surface area contributed by atoms with E-state index in [0.717, 1.165) is 15.7 Å². The molecule has 0 saturated heterocycles. The number of rotatable bonds is 4. The van der Waals surface area contributed by atoms with Crippen molar-refractivity contribution in [1.29, 1.82) is 0 Å². The van der Waals surface area contributed by atoms with Crippen LogP contribution in [0.5, 0.6) is 5.75 Å². The number of benzene rings is 1. The number of halogens is 1. The zero-order chi connectivity index (χ0) is 13.1. The molecule has 5 nitrogen and oxygen atoms in total. The van der Waals surface area contributed by atoms with E-state index in [9.17, 15) is 5.11 Å². The van der Waals surface area contributed by atoms with E-state index in [4.69, 9.17) is 4.74 Å². The standard InChI is InChI=1S/C12H14BrN3O2/c1-16-7-8(14-15-16)5-12(17)10-6-9(18-2)3-4-11(10)13/h3-4,6-7,12,17H,5H2,1-2H3. The Morgan fingerprint density at radius 1 is 1.50 bits per heavy atom. The van der Waals surface area contributed by atoms with Gasteiger partial charge in [0, 0.05) is 24.1 Å². The number of aryl methyl sites for hydroxylation is 1. The lowest BCUT2D eigenvalue weighted by atomic mass is 10.1. The van der Waals surface area contributed by atoms with Crippen LogP contribution in [0.2, 0.25) is 0 Å². The fraction of sp³-hybridized carbons (Fsp3) is 0.333. The first-order valence-corrected chi connectivity index (χ1v) is 6.26. The van der Waals surface area contributed by atoms with Crippen LogP contribution < -0.4 is 4.74 Å². The van der Waals surface area contributed by atoms with Crippen LogP contribution in [0.25, 0.3) is 0 Å². The van der Waals surface area contributed by atoms with Crippen LogP contribution in [-0.2, 0) is 13.5 Å². The van der Waals surface area contributed by atoms with Gasteiger partial charge in [0.25, 0.3) is 0 Å². The lowest BCUT2D eigenvalue weighted by Gasteiger charge is -2.12. The van der Waals surface area contributed by atoms with Crippen LogP contribution in [0.1, 0.15) is 17.4 Å². The number of hydrogen-bond acceptors (Lipinski definition) is 4. The van der Waals surface area contributed by atoms with E-state index in [0.29, 0.717) is 12.2 Å². The van der Waals surface area contributed by atoms with Gasteiger partial charge in [0.2, 0.25) is 0 Å². The molecule has 18 heavy (non-hydrogen) atoms. The van der Waals surface area contributed by atoms with E-state index in [-0.39, 0.29) is 0 Å². The number of hydrogen-bond donors (Lipinski definition) is 1. The zero-order valence-electron chi connectivity index (χ0n) is 10.2. The average molecular weight is 312 g/mol. The third-order valence-electron chi connectivity index (χ3n) is 2.61. The van der Waals surface area contributed by atoms with Crippen LogP contribution in [0.15, 0.2) is 28.9 Å². The summed E-state index contributed by atoms with van der Waals surface area (Å²) in [5.74, 6) is 0.714. The van der Waals surface area contributed by atoms with Crippen molar-refractivity contribution in [2.75, 3.05) is 7.11 Å². The Morgan fingerprint density at radius 2 is 2.28 bits per heavy atom. The van der Waals surface area contributed by atoms with Crippen molar-refractivity contribution in [3.63, 3.8) is 0 Å². The van der Waals surface area contributed by atoms with Gasteiger partial charge in [-0.05, 0) is 23.8 Å². The SMILES string of the molecule is COc1ccc(Br)c(C(O)Cc2cn(C)nn2)c1. The van der Waals surface area contributed by atoms with E-state index >= 15 is 0 Å². The molecule has 96 valence electrons. The summed E-state index contributed by atoms with van der Waals surface area (Å²) in [5, 5.41) is 18.0. The predicted molar refractivity (Wildman–Crippen MR) is 70.4 cm³/mol. The smallest absolute Gasteiger partial charge is 0.119 e. The highest BCUT2D eigenvalue weighted by Crippen LogP contribution is 2.29. The van der Waals surface area contributed by atoms with Crippen LogP contribution >= 0.6 is 15.9 Å². The van der Waals surface area contributed by atoms with Gasteiger partial charge < -0.3 is 9.84 Å². The molecule has 0 fully saturated rings. The first-order chi connectivity index (χ1) is 8.60. The molecule has 0 bridgehead atoms. The van der Waals surface area contributed by atoms with E-state index in [1.807, 2.05) is 18.2 Å². The third-order valence-corrected chi connectivity index (χ3v) is 3.34. The molecule has 6 heteroatoms. The zero-order valence-corrected chi connectivity index (χ0v) is 11.8. The molecule has 1 atom stereocenters. The van der Waals surface area contributed by atoms with Crippen molar-refractivity contribution < 1.29 is 9.84 Å². The first-order valence-electron chi connectivity index (χ1n) is 5.47. The Bertz CT molecular complexity index is 542. The highest BCUT2D eigenvalue weighted by molar-refractivity contribution is 9.10. The molecule has 1 aromatic carbocycles. The summed E-state index contributed by atoms with van der Waals surface area (Å²) in [6.07, 6.45) is 1.56. The number of nitrogens with zero attached hydrogens (tertiary/aromatic N) is 3. The lowest BCUT2D eigenvalue weighted by molar-refractivity contribution is 0.176. The van der Waals surface area contributed by atoms with Crippen LogP contribution in [0.3, 0.4) is 0 Å². The van der Waals surface area contributed by atoms with E-state index < -0.39 is 6.10 Å². The summed E-state index contributed by atoms with van der Waals surface area (Å²) in [4.78, 5) is 0. The van der Waals surface area contributed by atoms with Crippen LogP contribution in [0, 0.1) is 0 Å². The number of aliphatic hydroxyl groups excluding tert-OH is 1. The molecular formula is C12H14BrN3O2. The van der Waals surface area contributed by atoms with E-state index in [1.165, 1.54) is 0 Å². The number of ether oxygens (including phenoxy) is 1. The van der Waals surface area contributed by atoms with Gasteiger partial charge >= 0.3 is 0 Å². The highest BCUT2D eigenvalue weighted by atomic mass is 79.9. The highest BCUT2D eigenvalue weighted by Gasteiger charge is 2.14. The summed E-state index contributed by atoms with van der Waals surface area (Å²) in [6, 6.07) is 5.50. The second-order valence-corrected chi connectivity index (χ2v) is 4.85. The minimum atomic E-state index is -0.647. The molecule has 1 heterocycles. The second-order valence-electron chi connectivity index (χ2n) is 3.99. The molecule has 0 amide bonds. The minimum Gasteiger partial charge on any atom is -0.497 e. The molecule has 1 unspecified atom stereocenters. The molecule has 1 aromatic heterocycles. The minimum absolute atomic E-state index is 0.416. The van der Waals surface area contributed by atoms with Crippen molar-refractivity contribution in [2.24, 2.45) is 7.05 Å². The molecule has 0 aliphatic heterocycles. The first kappa shape index (κ1) is 13.0. The fourth-order valence-corrected chi connectivity index (χ4v) is 2.21. The molecule has 0 radical (unpaired) electrons.